The van der Waals surface area contributed by atoms with Gasteiger partial charge in [0.1, 0.15) is 5.75 Å². The molecule has 0 spiro atoms. The van der Waals surface area contributed by atoms with Crippen LogP contribution in [0.15, 0.2) is 24.3 Å². The van der Waals surface area contributed by atoms with Gasteiger partial charge < -0.3 is 15.4 Å². The van der Waals surface area contributed by atoms with Crippen LogP contribution in [-0.4, -0.2) is 25.1 Å². The van der Waals surface area contributed by atoms with E-state index in [1.54, 1.807) is 0 Å². The van der Waals surface area contributed by atoms with Crippen LogP contribution in [0.2, 0.25) is 0 Å². The molecule has 0 saturated carbocycles. The molecule has 4 nitrogen and oxygen atoms in total. The number of anilines is 1. The van der Waals surface area contributed by atoms with Gasteiger partial charge in [-0.1, -0.05) is 6.92 Å². The standard InChI is InChI=1S/C16H24N2O2.ClH/c1-3-12(2)20-15-8-6-14(7-9-15)18-16(19)13-5-4-10-17-11-13;/h6-9,12-13,17H,3-5,10-11H2,1-2H3,(H,18,19);1H. The largest absolute Gasteiger partial charge is 0.491 e. The van der Waals surface area contributed by atoms with E-state index in [2.05, 4.69) is 17.6 Å². The Labute approximate surface area is 133 Å². The van der Waals surface area contributed by atoms with E-state index in [-0.39, 0.29) is 30.3 Å². The van der Waals surface area contributed by atoms with Crippen molar-refractivity contribution in [2.24, 2.45) is 5.92 Å². The average Bonchev–Trinajstić information content (AvgIpc) is 2.50. The Bertz CT molecular complexity index is 430. The summed E-state index contributed by atoms with van der Waals surface area (Å²) in [6.07, 6.45) is 3.23. The van der Waals surface area contributed by atoms with Crippen LogP contribution in [0.25, 0.3) is 0 Å². The molecule has 0 aliphatic carbocycles. The molecule has 118 valence electrons. The van der Waals surface area contributed by atoms with Gasteiger partial charge in [0.15, 0.2) is 0 Å². The van der Waals surface area contributed by atoms with E-state index in [9.17, 15) is 4.79 Å². The van der Waals surface area contributed by atoms with Gasteiger partial charge in [-0.2, -0.15) is 0 Å². The molecule has 2 unspecified atom stereocenters. The molecular formula is C16H25ClN2O2. The molecule has 1 aromatic carbocycles. The first-order valence-corrected chi connectivity index (χ1v) is 7.47. The molecule has 1 saturated heterocycles. The Hall–Kier alpha value is -1.26. The summed E-state index contributed by atoms with van der Waals surface area (Å²) in [6.45, 7) is 5.94. The minimum atomic E-state index is 0. The Morgan fingerprint density at radius 2 is 2.14 bits per heavy atom. The Balaban J connectivity index is 0.00000220. The predicted octanol–water partition coefficient (Wildman–Crippen LogP) is 3.22. The molecule has 2 rings (SSSR count). The number of carbonyl (C=O) groups is 1. The lowest BCUT2D eigenvalue weighted by molar-refractivity contribution is -0.120. The molecule has 0 aromatic heterocycles. The molecule has 1 aromatic rings. The van der Waals surface area contributed by atoms with Crippen molar-refractivity contribution in [3.8, 4) is 5.75 Å². The van der Waals surface area contributed by atoms with E-state index in [1.165, 1.54) is 0 Å². The van der Waals surface area contributed by atoms with Gasteiger partial charge in [0.05, 0.1) is 12.0 Å². The molecule has 0 bridgehead atoms. The van der Waals surface area contributed by atoms with E-state index < -0.39 is 0 Å². The third-order valence-corrected chi connectivity index (χ3v) is 3.70. The quantitative estimate of drug-likeness (QED) is 0.877. The van der Waals surface area contributed by atoms with Crippen molar-refractivity contribution in [3.05, 3.63) is 24.3 Å². The maximum Gasteiger partial charge on any atom is 0.228 e. The zero-order valence-electron chi connectivity index (χ0n) is 12.7. The number of hydrogen-bond donors (Lipinski definition) is 2. The first-order valence-electron chi connectivity index (χ1n) is 7.47. The smallest absolute Gasteiger partial charge is 0.228 e. The second-order valence-electron chi connectivity index (χ2n) is 5.39. The molecule has 1 aliphatic heterocycles. The van der Waals surface area contributed by atoms with E-state index in [4.69, 9.17) is 4.74 Å². The van der Waals surface area contributed by atoms with Gasteiger partial charge in [-0.15, -0.1) is 12.4 Å². The molecule has 0 radical (unpaired) electrons. The van der Waals surface area contributed by atoms with Crippen LogP contribution in [-0.2, 0) is 4.79 Å². The summed E-state index contributed by atoms with van der Waals surface area (Å²) >= 11 is 0. The number of rotatable bonds is 5. The number of benzene rings is 1. The van der Waals surface area contributed by atoms with Crippen molar-refractivity contribution in [3.63, 3.8) is 0 Å². The number of amides is 1. The third-order valence-electron chi connectivity index (χ3n) is 3.70. The van der Waals surface area contributed by atoms with Crippen molar-refractivity contribution in [1.82, 2.24) is 5.32 Å². The molecule has 2 N–H and O–H groups in total. The van der Waals surface area contributed by atoms with E-state index in [0.717, 1.165) is 43.8 Å². The minimum absolute atomic E-state index is 0. The summed E-state index contributed by atoms with van der Waals surface area (Å²) in [7, 11) is 0. The Morgan fingerprint density at radius 1 is 1.43 bits per heavy atom. The zero-order chi connectivity index (χ0) is 14.4. The van der Waals surface area contributed by atoms with Gasteiger partial charge in [0.2, 0.25) is 5.91 Å². The molecule has 21 heavy (non-hydrogen) atoms. The molecule has 1 heterocycles. The number of hydrogen-bond acceptors (Lipinski definition) is 3. The molecule has 1 fully saturated rings. The molecular weight excluding hydrogens is 288 g/mol. The second kappa shape index (κ2) is 8.90. The van der Waals surface area contributed by atoms with Gasteiger partial charge in [-0.3, -0.25) is 4.79 Å². The van der Waals surface area contributed by atoms with E-state index in [1.807, 2.05) is 31.2 Å². The zero-order valence-corrected chi connectivity index (χ0v) is 13.5. The third kappa shape index (κ3) is 5.56. The van der Waals surface area contributed by atoms with Gasteiger partial charge in [0, 0.05) is 12.2 Å². The van der Waals surface area contributed by atoms with E-state index in [0.29, 0.717) is 0 Å². The van der Waals surface area contributed by atoms with Gasteiger partial charge in [-0.25, -0.2) is 0 Å². The topological polar surface area (TPSA) is 50.4 Å². The average molecular weight is 313 g/mol. The summed E-state index contributed by atoms with van der Waals surface area (Å²) in [6, 6.07) is 7.60. The molecule has 1 amide bonds. The van der Waals surface area contributed by atoms with Crippen molar-refractivity contribution in [1.29, 1.82) is 0 Å². The fraction of sp³-hybridized carbons (Fsp3) is 0.562. The highest BCUT2D eigenvalue weighted by atomic mass is 35.5. The Morgan fingerprint density at radius 3 is 2.71 bits per heavy atom. The highest BCUT2D eigenvalue weighted by Crippen LogP contribution is 2.19. The number of nitrogens with one attached hydrogen (secondary N) is 2. The first-order chi connectivity index (χ1) is 9.69. The minimum Gasteiger partial charge on any atom is -0.491 e. The van der Waals surface area contributed by atoms with E-state index >= 15 is 0 Å². The van der Waals surface area contributed by atoms with Crippen LogP contribution in [0, 0.1) is 5.92 Å². The summed E-state index contributed by atoms with van der Waals surface area (Å²) < 4.78 is 5.72. The predicted molar refractivity (Wildman–Crippen MR) is 88.3 cm³/mol. The van der Waals surface area contributed by atoms with Crippen LogP contribution in [0.1, 0.15) is 33.1 Å². The lowest BCUT2D eigenvalue weighted by atomic mass is 9.99. The molecule has 2 atom stereocenters. The molecule has 5 heteroatoms. The van der Waals surface area contributed by atoms with Crippen molar-refractivity contribution in [2.75, 3.05) is 18.4 Å². The van der Waals surface area contributed by atoms with Gasteiger partial charge in [0.25, 0.3) is 0 Å². The Kier molecular flexibility index (Phi) is 7.54. The summed E-state index contributed by atoms with van der Waals surface area (Å²) in [5.74, 6) is 1.03. The summed E-state index contributed by atoms with van der Waals surface area (Å²) in [4.78, 5) is 12.1. The second-order valence-corrected chi connectivity index (χ2v) is 5.39. The lowest BCUT2D eigenvalue weighted by Crippen LogP contribution is -2.37. The fourth-order valence-corrected chi connectivity index (χ4v) is 2.25. The van der Waals surface area contributed by atoms with Crippen LogP contribution in [0.4, 0.5) is 5.69 Å². The normalized spacial score (nSPS) is 19.2. The van der Waals surface area contributed by atoms with Gasteiger partial charge in [-0.05, 0) is 57.0 Å². The fourth-order valence-electron chi connectivity index (χ4n) is 2.25. The highest BCUT2D eigenvalue weighted by Gasteiger charge is 2.20. The maximum atomic E-state index is 12.1. The molecule has 1 aliphatic rings. The van der Waals surface area contributed by atoms with Crippen molar-refractivity contribution in [2.45, 2.75) is 39.2 Å². The number of ether oxygens (including phenoxy) is 1. The number of piperidine rings is 1. The summed E-state index contributed by atoms with van der Waals surface area (Å²) in [5.41, 5.74) is 0.831. The lowest BCUT2D eigenvalue weighted by Gasteiger charge is -2.22. The highest BCUT2D eigenvalue weighted by molar-refractivity contribution is 5.92. The summed E-state index contributed by atoms with van der Waals surface area (Å²) in [5, 5.41) is 6.23. The maximum absolute atomic E-state index is 12.1. The van der Waals surface area contributed by atoms with Crippen molar-refractivity contribution >= 4 is 24.0 Å². The van der Waals surface area contributed by atoms with Crippen LogP contribution in [0.5, 0.6) is 5.75 Å². The number of halogens is 1. The first kappa shape index (κ1) is 17.8. The van der Waals surface area contributed by atoms with Crippen molar-refractivity contribution < 1.29 is 9.53 Å². The van der Waals surface area contributed by atoms with Gasteiger partial charge >= 0.3 is 0 Å². The monoisotopic (exact) mass is 312 g/mol. The van der Waals surface area contributed by atoms with Crippen LogP contribution in [0.3, 0.4) is 0 Å². The van der Waals surface area contributed by atoms with Crippen LogP contribution < -0.4 is 15.4 Å². The number of carbonyl (C=O) groups excluding carboxylic acids is 1. The SMILES string of the molecule is CCC(C)Oc1ccc(NC(=O)C2CCCNC2)cc1.Cl. The van der Waals surface area contributed by atoms with Crippen LogP contribution >= 0.6 is 12.4 Å².